The van der Waals surface area contributed by atoms with Gasteiger partial charge in [0.05, 0.1) is 11.1 Å². The summed E-state index contributed by atoms with van der Waals surface area (Å²) in [6.45, 7) is 4.19. The number of nitrogens with one attached hydrogen (secondary N) is 2. The summed E-state index contributed by atoms with van der Waals surface area (Å²) in [5.41, 5.74) is 4.46. The van der Waals surface area contributed by atoms with Crippen LogP contribution in [0.3, 0.4) is 0 Å². The van der Waals surface area contributed by atoms with E-state index in [1.807, 2.05) is 13.8 Å². The fraction of sp³-hybridized carbons (Fsp3) is 0.222. The van der Waals surface area contributed by atoms with E-state index in [4.69, 9.17) is 16.3 Å². The standard InChI is InChI=1S/C27H27ClN4O5/c1-18(2)15-25(30-26(33)21-7-9-22(28)10-8-21)27(34)31-29-16-19-5-13-24(14-6-19)37-17-20-3-11-23(12-4-20)32(35)36/h3-14,16,18,25H,15,17H2,1-2H3,(H,30,33)(H,31,34)/b29-16+. The zero-order valence-corrected chi connectivity index (χ0v) is 21.1. The van der Waals surface area contributed by atoms with Crippen LogP contribution in [0.4, 0.5) is 5.69 Å². The van der Waals surface area contributed by atoms with Gasteiger partial charge in [-0.2, -0.15) is 5.10 Å². The quantitative estimate of drug-likeness (QED) is 0.205. The van der Waals surface area contributed by atoms with Crippen molar-refractivity contribution in [2.24, 2.45) is 11.0 Å². The van der Waals surface area contributed by atoms with E-state index in [9.17, 15) is 19.7 Å². The number of rotatable bonds is 11. The highest BCUT2D eigenvalue weighted by Crippen LogP contribution is 2.16. The molecule has 3 aromatic rings. The van der Waals surface area contributed by atoms with Gasteiger partial charge in [0.15, 0.2) is 0 Å². The molecule has 0 aliphatic carbocycles. The smallest absolute Gasteiger partial charge is 0.269 e. The Morgan fingerprint density at radius 1 is 1.03 bits per heavy atom. The minimum atomic E-state index is -0.754. The maximum Gasteiger partial charge on any atom is 0.269 e. The van der Waals surface area contributed by atoms with E-state index in [0.717, 1.165) is 11.1 Å². The highest BCUT2D eigenvalue weighted by molar-refractivity contribution is 6.30. The second-order valence-corrected chi connectivity index (χ2v) is 9.11. The molecule has 0 aliphatic heterocycles. The lowest BCUT2D eigenvalue weighted by atomic mass is 10.0. The van der Waals surface area contributed by atoms with Crippen LogP contribution in [-0.4, -0.2) is 29.0 Å². The maximum atomic E-state index is 12.7. The lowest BCUT2D eigenvalue weighted by Crippen LogP contribution is -2.46. The third kappa shape index (κ3) is 8.73. The Morgan fingerprint density at radius 2 is 1.68 bits per heavy atom. The van der Waals surface area contributed by atoms with Crippen molar-refractivity contribution >= 4 is 35.3 Å². The first-order chi connectivity index (χ1) is 17.7. The molecule has 0 saturated heterocycles. The van der Waals surface area contributed by atoms with Crippen LogP contribution in [0.25, 0.3) is 0 Å². The number of nitro groups is 1. The Bertz CT molecular complexity index is 1240. The zero-order valence-electron chi connectivity index (χ0n) is 20.4. The number of amides is 2. The van der Waals surface area contributed by atoms with Gasteiger partial charge in [-0.15, -0.1) is 0 Å². The van der Waals surface area contributed by atoms with Gasteiger partial charge in [-0.1, -0.05) is 25.4 Å². The number of hydrogen-bond acceptors (Lipinski definition) is 6. The van der Waals surface area contributed by atoms with Gasteiger partial charge in [-0.3, -0.25) is 19.7 Å². The molecule has 2 amide bonds. The molecule has 10 heteroatoms. The van der Waals surface area contributed by atoms with Crippen LogP contribution in [0.5, 0.6) is 5.75 Å². The molecule has 3 rings (SSSR count). The Morgan fingerprint density at radius 3 is 2.27 bits per heavy atom. The summed E-state index contributed by atoms with van der Waals surface area (Å²) in [6.07, 6.45) is 1.94. The van der Waals surface area contributed by atoms with Crippen molar-refractivity contribution < 1.29 is 19.2 Å². The number of hydrazone groups is 1. The van der Waals surface area contributed by atoms with Crippen molar-refractivity contribution in [2.45, 2.75) is 32.9 Å². The van der Waals surface area contributed by atoms with Gasteiger partial charge in [0, 0.05) is 22.7 Å². The lowest BCUT2D eigenvalue weighted by Gasteiger charge is -2.19. The van der Waals surface area contributed by atoms with E-state index in [0.29, 0.717) is 22.8 Å². The van der Waals surface area contributed by atoms with Gasteiger partial charge in [0.2, 0.25) is 0 Å². The second kappa shape index (κ2) is 13.2. The number of nitrogens with zero attached hydrogens (tertiary/aromatic N) is 2. The Hall–Kier alpha value is -4.24. The number of carbonyl (C=O) groups excluding carboxylic acids is 2. The van der Waals surface area contributed by atoms with Crippen molar-refractivity contribution in [1.29, 1.82) is 0 Å². The number of hydrogen-bond donors (Lipinski definition) is 2. The predicted molar refractivity (Wildman–Crippen MR) is 142 cm³/mol. The average molecular weight is 523 g/mol. The van der Waals surface area contributed by atoms with Crippen molar-refractivity contribution in [2.75, 3.05) is 0 Å². The molecule has 192 valence electrons. The Balaban J connectivity index is 1.52. The summed E-state index contributed by atoms with van der Waals surface area (Å²) in [4.78, 5) is 35.5. The molecule has 0 radical (unpaired) electrons. The molecule has 1 atom stereocenters. The summed E-state index contributed by atoms with van der Waals surface area (Å²) in [5, 5.41) is 18.0. The molecule has 37 heavy (non-hydrogen) atoms. The topological polar surface area (TPSA) is 123 Å². The van der Waals surface area contributed by atoms with Crippen molar-refractivity contribution in [3.05, 3.63) is 105 Å². The molecular formula is C27H27ClN4O5. The van der Waals surface area contributed by atoms with Crippen molar-refractivity contribution in [3.8, 4) is 5.75 Å². The number of benzene rings is 3. The van der Waals surface area contributed by atoms with Crippen LogP contribution < -0.4 is 15.5 Å². The first-order valence-electron chi connectivity index (χ1n) is 11.6. The van der Waals surface area contributed by atoms with Gasteiger partial charge >= 0.3 is 0 Å². The summed E-state index contributed by atoms with van der Waals surface area (Å²) < 4.78 is 5.71. The zero-order chi connectivity index (χ0) is 26.8. The fourth-order valence-corrected chi connectivity index (χ4v) is 3.45. The van der Waals surface area contributed by atoms with Crippen LogP contribution in [0, 0.1) is 16.0 Å². The molecule has 0 aromatic heterocycles. The van der Waals surface area contributed by atoms with Crippen LogP contribution >= 0.6 is 11.6 Å². The third-order valence-corrected chi connectivity index (χ3v) is 5.51. The summed E-state index contributed by atoms with van der Waals surface area (Å²) in [6, 6.07) is 18.9. The molecule has 0 heterocycles. The molecule has 0 fully saturated rings. The molecule has 0 bridgehead atoms. The first kappa shape index (κ1) is 27.3. The molecule has 0 aliphatic rings. The van der Waals surface area contributed by atoms with Gasteiger partial charge in [0.25, 0.3) is 17.5 Å². The van der Waals surface area contributed by atoms with Crippen molar-refractivity contribution in [3.63, 3.8) is 0 Å². The highest BCUT2D eigenvalue weighted by Gasteiger charge is 2.22. The summed E-state index contributed by atoms with van der Waals surface area (Å²) in [5.74, 6) is -0.00804. The van der Waals surface area contributed by atoms with E-state index < -0.39 is 16.9 Å². The fourth-order valence-electron chi connectivity index (χ4n) is 3.32. The predicted octanol–water partition coefficient (Wildman–Crippen LogP) is 5.12. The molecule has 2 N–H and O–H groups in total. The monoisotopic (exact) mass is 522 g/mol. The van der Waals surface area contributed by atoms with Crippen LogP contribution in [0.1, 0.15) is 41.8 Å². The highest BCUT2D eigenvalue weighted by atomic mass is 35.5. The van der Waals surface area contributed by atoms with Crippen molar-refractivity contribution in [1.82, 2.24) is 10.7 Å². The summed E-state index contributed by atoms with van der Waals surface area (Å²) in [7, 11) is 0. The van der Waals surface area contributed by atoms with E-state index >= 15 is 0 Å². The molecule has 3 aromatic carbocycles. The van der Waals surface area contributed by atoms with Gasteiger partial charge in [-0.25, -0.2) is 5.43 Å². The SMILES string of the molecule is CC(C)CC(NC(=O)c1ccc(Cl)cc1)C(=O)N/N=C/c1ccc(OCc2ccc([N+](=O)[O-])cc2)cc1. The van der Waals surface area contributed by atoms with Gasteiger partial charge in [0.1, 0.15) is 18.4 Å². The molecule has 1 unspecified atom stereocenters. The van der Waals surface area contributed by atoms with Crippen LogP contribution in [0.2, 0.25) is 5.02 Å². The Labute approximate surface area is 219 Å². The molecule has 9 nitrogen and oxygen atoms in total. The lowest BCUT2D eigenvalue weighted by molar-refractivity contribution is -0.384. The number of nitro benzene ring substituents is 1. The molecule has 0 saturated carbocycles. The number of ether oxygens (including phenoxy) is 1. The van der Waals surface area contributed by atoms with Crippen LogP contribution in [-0.2, 0) is 11.4 Å². The van der Waals surface area contributed by atoms with E-state index in [1.54, 1.807) is 60.7 Å². The first-order valence-corrected chi connectivity index (χ1v) is 11.9. The maximum absolute atomic E-state index is 12.7. The largest absolute Gasteiger partial charge is 0.489 e. The van der Waals surface area contributed by atoms with E-state index in [1.165, 1.54) is 18.3 Å². The third-order valence-electron chi connectivity index (χ3n) is 5.26. The normalized spacial score (nSPS) is 11.8. The summed E-state index contributed by atoms with van der Waals surface area (Å²) >= 11 is 5.87. The van der Waals surface area contributed by atoms with Gasteiger partial charge < -0.3 is 10.1 Å². The minimum Gasteiger partial charge on any atom is -0.489 e. The van der Waals surface area contributed by atoms with E-state index in [2.05, 4.69) is 15.8 Å². The minimum absolute atomic E-state index is 0.0268. The number of non-ortho nitro benzene ring substituents is 1. The Kier molecular flexibility index (Phi) is 9.74. The second-order valence-electron chi connectivity index (χ2n) is 8.68. The number of halogens is 1. The van der Waals surface area contributed by atoms with Crippen LogP contribution in [0.15, 0.2) is 77.9 Å². The number of carbonyl (C=O) groups is 2. The molecular weight excluding hydrogens is 496 g/mol. The molecule has 0 spiro atoms. The average Bonchev–Trinajstić information content (AvgIpc) is 2.88. The van der Waals surface area contributed by atoms with E-state index in [-0.39, 0.29) is 24.1 Å². The van der Waals surface area contributed by atoms with Gasteiger partial charge in [-0.05, 0) is 84.1 Å².